The molecule has 0 atom stereocenters. The van der Waals surface area contributed by atoms with Crippen LogP contribution in [0, 0.1) is 10.1 Å². The van der Waals surface area contributed by atoms with Gasteiger partial charge in [0.1, 0.15) is 5.75 Å². The molecule has 7 heteroatoms. The van der Waals surface area contributed by atoms with E-state index < -0.39 is 4.92 Å². The molecule has 2 aromatic rings. The van der Waals surface area contributed by atoms with Crippen molar-refractivity contribution in [2.45, 2.75) is 12.8 Å². The normalized spacial score (nSPS) is 13.6. The van der Waals surface area contributed by atoms with E-state index in [9.17, 15) is 14.9 Å². The molecule has 1 amide bonds. The van der Waals surface area contributed by atoms with Crippen molar-refractivity contribution in [3.05, 3.63) is 58.1 Å². The predicted octanol–water partition coefficient (Wildman–Crippen LogP) is 3.46. The van der Waals surface area contributed by atoms with E-state index in [4.69, 9.17) is 4.74 Å². The van der Waals surface area contributed by atoms with Crippen molar-refractivity contribution in [1.29, 1.82) is 0 Å². The monoisotopic (exact) mass is 341 g/mol. The quantitative estimate of drug-likeness (QED) is 0.665. The molecule has 0 aromatic heterocycles. The Hall–Kier alpha value is -3.09. The van der Waals surface area contributed by atoms with Crippen LogP contribution in [0.4, 0.5) is 17.1 Å². The zero-order chi connectivity index (χ0) is 17.8. The average Bonchev–Trinajstić information content (AvgIpc) is 3.15. The van der Waals surface area contributed by atoms with Gasteiger partial charge in [0.2, 0.25) is 0 Å². The molecular weight excluding hydrogens is 322 g/mol. The lowest BCUT2D eigenvalue weighted by atomic mass is 10.1. The summed E-state index contributed by atoms with van der Waals surface area (Å²) < 4.78 is 5.15. The Labute approximate surface area is 145 Å². The van der Waals surface area contributed by atoms with Gasteiger partial charge in [0, 0.05) is 37.0 Å². The van der Waals surface area contributed by atoms with Crippen LogP contribution in [-0.4, -0.2) is 31.0 Å². The highest BCUT2D eigenvalue weighted by Crippen LogP contribution is 2.29. The van der Waals surface area contributed by atoms with Crippen molar-refractivity contribution >= 4 is 23.0 Å². The maximum absolute atomic E-state index is 12.8. The second-order valence-electron chi connectivity index (χ2n) is 5.84. The van der Waals surface area contributed by atoms with Crippen molar-refractivity contribution in [2.24, 2.45) is 0 Å². The molecule has 0 unspecified atom stereocenters. The summed E-state index contributed by atoms with van der Waals surface area (Å²) in [4.78, 5) is 25.5. The van der Waals surface area contributed by atoms with Gasteiger partial charge in [0.05, 0.1) is 23.3 Å². The molecule has 1 saturated heterocycles. The summed E-state index contributed by atoms with van der Waals surface area (Å²) in [5.74, 6) is 0.246. The van der Waals surface area contributed by atoms with Crippen molar-refractivity contribution in [2.75, 3.05) is 30.4 Å². The highest BCUT2D eigenvalue weighted by molar-refractivity contribution is 6.08. The molecule has 1 N–H and O–H groups in total. The first kappa shape index (κ1) is 16.8. The van der Waals surface area contributed by atoms with Gasteiger partial charge in [-0.3, -0.25) is 14.9 Å². The van der Waals surface area contributed by atoms with Crippen LogP contribution in [0.15, 0.2) is 42.5 Å². The molecule has 0 spiro atoms. The highest BCUT2D eigenvalue weighted by atomic mass is 16.6. The molecule has 2 aromatic carbocycles. The topological polar surface area (TPSA) is 84.7 Å². The Balaban J connectivity index is 1.93. The van der Waals surface area contributed by atoms with Crippen LogP contribution < -0.4 is 15.0 Å². The molecule has 1 fully saturated rings. The number of amides is 1. The molecule has 0 radical (unpaired) electrons. The number of non-ortho nitro benzene ring substituents is 1. The number of nitro groups is 1. The zero-order valence-electron chi connectivity index (χ0n) is 13.9. The molecule has 25 heavy (non-hydrogen) atoms. The van der Waals surface area contributed by atoms with Gasteiger partial charge in [-0.2, -0.15) is 0 Å². The van der Waals surface area contributed by atoms with Gasteiger partial charge >= 0.3 is 0 Å². The Kier molecular flexibility index (Phi) is 4.83. The number of carbonyl (C=O) groups is 1. The number of nitro benzene ring substituents is 1. The number of anilines is 2. The average molecular weight is 341 g/mol. The van der Waals surface area contributed by atoms with E-state index in [-0.39, 0.29) is 11.6 Å². The Morgan fingerprint density at radius 2 is 1.96 bits per heavy atom. The summed E-state index contributed by atoms with van der Waals surface area (Å²) in [6.45, 7) is 1.69. The third kappa shape index (κ3) is 3.71. The van der Waals surface area contributed by atoms with Crippen LogP contribution in [0.2, 0.25) is 0 Å². The molecule has 1 heterocycles. The highest BCUT2D eigenvalue weighted by Gasteiger charge is 2.22. The van der Waals surface area contributed by atoms with Crippen molar-refractivity contribution < 1.29 is 14.5 Å². The van der Waals surface area contributed by atoms with Crippen molar-refractivity contribution in [3.8, 4) is 5.75 Å². The Morgan fingerprint density at radius 1 is 1.20 bits per heavy atom. The van der Waals surface area contributed by atoms with Crippen LogP contribution in [0.5, 0.6) is 5.75 Å². The third-order valence-corrected chi connectivity index (χ3v) is 4.21. The lowest BCUT2D eigenvalue weighted by Gasteiger charge is -2.21. The van der Waals surface area contributed by atoms with E-state index in [0.29, 0.717) is 17.0 Å². The molecule has 0 aliphatic carbocycles. The molecule has 130 valence electrons. The van der Waals surface area contributed by atoms with E-state index in [1.54, 1.807) is 37.4 Å². The number of hydrogen-bond acceptors (Lipinski definition) is 5. The molecule has 3 rings (SSSR count). The summed E-state index contributed by atoms with van der Waals surface area (Å²) in [5, 5.41) is 13.9. The van der Waals surface area contributed by atoms with Crippen molar-refractivity contribution in [1.82, 2.24) is 0 Å². The second kappa shape index (κ2) is 7.21. The number of carbonyl (C=O) groups excluding carboxylic acids is 1. The third-order valence-electron chi connectivity index (χ3n) is 4.21. The fourth-order valence-corrected chi connectivity index (χ4v) is 2.95. The standard InChI is InChI=1S/C18H19N3O4/c1-25-15-6-4-5-13(11-15)19-18(22)16-12-14(21(23)24)7-8-17(16)20-9-2-3-10-20/h4-8,11-12H,2-3,9-10H2,1H3,(H,19,22). The molecule has 0 saturated carbocycles. The SMILES string of the molecule is COc1cccc(NC(=O)c2cc([N+](=O)[O-])ccc2N2CCCC2)c1. The van der Waals surface area contributed by atoms with Crippen LogP contribution in [0.1, 0.15) is 23.2 Å². The number of hydrogen-bond donors (Lipinski definition) is 1. The summed E-state index contributed by atoms with van der Waals surface area (Å²) in [7, 11) is 1.55. The van der Waals surface area contributed by atoms with E-state index in [2.05, 4.69) is 10.2 Å². The van der Waals surface area contributed by atoms with Gasteiger partial charge in [-0.1, -0.05) is 6.07 Å². The number of nitrogens with zero attached hydrogens (tertiary/aromatic N) is 2. The number of methoxy groups -OCH3 is 1. The van der Waals surface area contributed by atoms with E-state index in [1.807, 2.05) is 0 Å². The molecule has 7 nitrogen and oxygen atoms in total. The van der Waals surface area contributed by atoms with Gasteiger partial charge in [-0.15, -0.1) is 0 Å². The van der Waals surface area contributed by atoms with Crippen LogP contribution in [0.25, 0.3) is 0 Å². The smallest absolute Gasteiger partial charge is 0.270 e. The number of ether oxygens (including phenoxy) is 1. The van der Waals surface area contributed by atoms with Gasteiger partial charge in [0.15, 0.2) is 0 Å². The summed E-state index contributed by atoms with van der Waals surface area (Å²) in [6.07, 6.45) is 2.10. The predicted molar refractivity (Wildman–Crippen MR) is 95.5 cm³/mol. The number of nitrogens with one attached hydrogen (secondary N) is 1. The van der Waals surface area contributed by atoms with Gasteiger partial charge in [-0.05, 0) is 31.0 Å². The largest absolute Gasteiger partial charge is 0.497 e. The van der Waals surface area contributed by atoms with E-state index >= 15 is 0 Å². The summed E-state index contributed by atoms with van der Waals surface area (Å²) in [5.41, 5.74) is 1.50. The Morgan fingerprint density at radius 3 is 2.64 bits per heavy atom. The zero-order valence-corrected chi connectivity index (χ0v) is 13.9. The second-order valence-corrected chi connectivity index (χ2v) is 5.84. The summed E-state index contributed by atoms with van der Waals surface area (Å²) >= 11 is 0. The first-order valence-electron chi connectivity index (χ1n) is 8.07. The molecule has 1 aliphatic heterocycles. The van der Waals surface area contributed by atoms with Crippen LogP contribution >= 0.6 is 0 Å². The van der Waals surface area contributed by atoms with Crippen molar-refractivity contribution in [3.63, 3.8) is 0 Å². The lowest BCUT2D eigenvalue weighted by molar-refractivity contribution is -0.384. The fourth-order valence-electron chi connectivity index (χ4n) is 2.95. The molecule has 1 aliphatic rings. The maximum atomic E-state index is 12.8. The molecule has 0 bridgehead atoms. The number of benzene rings is 2. The molecular formula is C18H19N3O4. The van der Waals surface area contributed by atoms with Gasteiger partial charge in [-0.25, -0.2) is 0 Å². The van der Waals surface area contributed by atoms with Gasteiger partial charge in [0.25, 0.3) is 11.6 Å². The summed E-state index contributed by atoms with van der Waals surface area (Å²) in [6, 6.07) is 11.4. The fraction of sp³-hybridized carbons (Fsp3) is 0.278. The minimum absolute atomic E-state index is 0.0984. The van der Waals surface area contributed by atoms with Crippen LogP contribution in [0.3, 0.4) is 0 Å². The minimum atomic E-state index is -0.490. The lowest BCUT2D eigenvalue weighted by Crippen LogP contribution is -2.23. The van der Waals surface area contributed by atoms with E-state index in [1.165, 1.54) is 12.1 Å². The number of rotatable bonds is 5. The van der Waals surface area contributed by atoms with E-state index in [0.717, 1.165) is 31.6 Å². The minimum Gasteiger partial charge on any atom is -0.497 e. The van der Waals surface area contributed by atoms with Crippen LogP contribution in [-0.2, 0) is 0 Å². The first-order valence-corrected chi connectivity index (χ1v) is 8.07. The Bertz CT molecular complexity index is 801. The first-order chi connectivity index (χ1) is 12.1. The maximum Gasteiger partial charge on any atom is 0.270 e. The van der Waals surface area contributed by atoms with Gasteiger partial charge < -0.3 is 15.0 Å².